The van der Waals surface area contributed by atoms with Gasteiger partial charge >= 0.3 is 5.97 Å². The molecule has 23 heavy (non-hydrogen) atoms. The molecule has 2 unspecified atom stereocenters. The van der Waals surface area contributed by atoms with Crippen LogP contribution in [0, 0.1) is 23.6 Å². The van der Waals surface area contributed by atoms with Crippen LogP contribution in [0.15, 0.2) is 6.07 Å². The number of primary amides is 1. The number of aromatic nitrogens is 1. The number of carboxylic acids is 1. The first-order valence-electron chi connectivity index (χ1n) is 7.53. The number of carbonyl (C=O) groups is 2. The fraction of sp³-hybridized carbons (Fsp3) is 0.533. The summed E-state index contributed by atoms with van der Waals surface area (Å²) in [6.45, 7) is 0. The third-order valence-electron chi connectivity index (χ3n) is 5.00. The van der Waals surface area contributed by atoms with Gasteiger partial charge in [-0.1, -0.05) is 11.6 Å². The highest BCUT2D eigenvalue weighted by Gasteiger charge is 2.47. The maximum absolute atomic E-state index is 14.2. The molecule has 0 saturated heterocycles. The zero-order valence-electron chi connectivity index (χ0n) is 12.3. The molecule has 3 aliphatic rings. The summed E-state index contributed by atoms with van der Waals surface area (Å²) in [6.07, 6.45) is 3.61. The number of nitrogens with two attached hydrogens (primary N) is 1. The Kier molecular flexibility index (Phi) is 4.14. The first kappa shape index (κ1) is 16.0. The number of halogens is 2. The highest BCUT2D eigenvalue weighted by molar-refractivity contribution is 6.32. The molecule has 2 atom stereocenters. The minimum atomic E-state index is -0.878. The van der Waals surface area contributed by atoms with Crippen LogP contribution in [0.2, 0.25) is 5.15 Å². The fourth-order valence-electron chi connectivity index (χ4n) is 3.91. The first-order valence-corrected chi connectivity index (χ1v) is 7.91. The van der Waals surface area contributed by atoms with Crippen molar-refractivity contribution in [2.45, 2.75) is 31.7 Å². The predicted molar refractivity (Wildman–Crippen MR) is 81.7 cm³/mol. The van der Waals surface area contributed by atoms with Gasteiger partial charge in [-0.25, -0.2) is 9.37 Å². The number of hydrogen-bond acceptors (Lipinski definition) is 4. The Morgan fingerprint density at radius 3 is 2.48 bits per heavy atom. The summed E-state index contributed by atoms with van der Waals surface area (Å²) in [4.78, 5) is 26.6. The molecule has 2 bridgehead atoms. The van der Waals surface area contributed by atoms with Crippen LogP contribution in [0.5, 0.6) is 0 Å². The van der Waals surface area contributed by atoms with Crippen molar-refractivity contribution in [3.8, 4) is 0 Å². The largest absolute Gasteiger partial charge is 0.481 e. The third-order valence-corrected chi connectivity index (χ3v) is 5.29. The number of anilines is 1. The van der Waals surface area contributed by atoms with E-state index in [4.69, 9.17) is 17.3 Å². The van der Waals surface area contributed by atoms with Gasteiger partial charge in [0.1, 0.15) is 5.15 Å². The highest BCUT2D eigenvalue weighted by Crippen LogP contribution is 2.46. The van der Waals surface area contributed by atoms with Gasteiger partial charge in [0.2, 0.25) is 0 Å². The first-order chi connectivity index (χ1) is 10.9. The zero-order valence-corrected chi connectivity index (χ0v) is 13.0. The smallest absolute Gasteiger partial charge is 0.308 e. The van der Waals surface area contributed by atoms with Gasteiger partial charge in [-0.05, 0) is 43.6 Å². The van der Waals surface area contributed by atoms with Crippen molar-refractivity contribution in [1.29, 1.82) is 0 Å². The minimum absolute atomic E-state index is 0.0958. The molecule has 1 amide bonds. The number of fused-ring (bicyclic) bond motifs is 3. The van der Waals surface area contributed by atoms with E-state index in [1.54, 1.807) is 0 Å². The number of pyridine rings is 1. The minimum Gasteiger partial charge on any atom is -0.481 e. The summed E-state index contributed by atoms with van der Waals surface area (Å²) in [7, 11) is 0. The van der Waals surface area contributed by atoms with Gasteiger partial charge in [0.25, 0.3) is 5.91 Å². The molecule has 0 radical (unpaired) electrons. The maximum atomic E-state index is 14.2. The van der Waals surface area contributed by atoms with E-state index in [9.17, 15) is 19.1 Å². The molecular weight excluding hydrogens is 325 g/mol. The van der Waals surface area contributed by atoms with Gasteiger partial charge in [-0.15, -0.1) is 0 Å². The Labute approximate surface area is 137 Å². The third kappa shape index (κ3) is 2.85. The molecule has 4 rings (SSSR count). The van der Waals surface area contributed by atoms with E-state index in [2.05, 4.69) is 10.3 Å². The van der Waals surface area contributed by atoms with E-state index >= 15 is 0 Å². The van der Waals surface area contributed by atoms with Crippen LogP contribution in [-0.2, 0) is 4.79 Å². The fourth-order valence-corrected chi connectivity index (χ4v) is 4.14. The molecule has 1 aromatic rings. The van der Waals surface area contributed by atoms with Crippen LogP contribution in [-0.4, -0.2) is 28.0 Å². The average molecular weight is 342 g/mol. The zero-order chi connectivity index (χ0) is 16.7. The summed E-state index contributed by atoms with van der Waals surface area (Å²) in [6, 6.07) is 0.536. The van der Waals surface area contributed by atoms with Gasteiger partial charge in [0, 0.05) is 6.04 Å². The van der Waals surface area contributed by atoms with Crippen LogP contribution < -0.4 is 11.1 Å². The number of carbonyl (C=O) groups excluding carboxylic acids is 1. The predicted octanol–water partition coefficient (Wildman–Crippen LogP) is 2.27. The van der Waals surface area contributed by atoms with Crippen molar-refractivity contribution < 1.29 is 19.1 Å². The van der Waals surface area contributed by atoms with Gasteiger partial charge in [-0.3, -0.25) is 9.59 Å². The highest BCUT2D eigenvalue weighted by atomic mass is 35.5. The Morgan fingerprint density at radius 1 is 1.30 bits per heavy atom. The van der Waals surface area contributed by atoms with Gasteiger partial charge in [-0.2, -0.15) is 0 Å². The molecule has 0 spiro atoms. The van der Waals surface area contributed by atoms with E-state index in [0.29, 0.717) is 0 Å². The summed E-state index contributed by atoms with van der Waals surface area (Å²) in [5.74, 6) is -2.96. The number of amides is 1. The van der Waals surface area contributed by atoms with Gasteiger partial charge in [0.05, 0.1) is 11.5 Å². The van der Waals surface area contributed by atoms with Crippen molar-refractivity contribution >= 4 is 29.3 Å². The Balaban J connectivity index is 1.90. The second-order valence-electron chi connectivity index (χ2n) is 6.23. The van der Waals surface area contributed by atoms with Crippen LogP contribution in [0.25, 0.3) is 0 Å². The van der Waals surface area contributed by atoms with Crippen LogP contribution >= 0.6 is 11.6 Å². The number of hydrogen-bond donors (Lipinski definition) is 3. The lowest BCUT2D eigenvalue weighted by Gasteiger charge is -2.47. The number of nitrogens with one attached hydrogen (secondary N) is 1. The van der Waals surface area contributed by atoms with E-state index < -0.39 is 29.7 Å². The van der Waals surface area contributed by atoms with Crippen molar-refractivity contribution in [1.82, 2.24) is 4.98 Å². The van der Waals surface area contributed by atoms with Gasteiger partial charge in [0.15, 0.2) is 11.6 Å². The van der Waals surface area contributed by atoms with Crippen LogP contribution in [0.3, 0.4) is 0 Å². The van der Waals surface area contributed by atoms with E-state index in [-0.39, 0.29) is 28.4 Å². The van der Waals surface area contributed by atoms with Crippen LogP contribution in [0.4, 0.5) is 10.2 Å². The second kappa shape index (κ2) is 5.96. The Bertz CT molecular complexity index is 662. The van der Waals surface area contributed by atoms with E-state index in [1.807, 2.05) is 0 Å². The van der Waals surface area contributed by atoms with Gasteiger partial charge < -0.3 is 16.2 Å². The molecule has 3 saturated carbocycles. The molecule has 3 fully saturated rings. The maximum Gasteiger partial charge on any atom is 0.308 e. The lowest BCUT2D eigenvalue weighted by molar-refractivity contribution is -0.148. The molecule has 8 heteroatoms. The van der Waals surface area contributed by atoms with Crippen LogP contribution in [0.1, 0.15) is 36.0 Å². The quantitative estimate of drug-likeness (QED) is 0.728. The number of nitrogens with zero attached hydrogens (tertiary/aromatic N) is 1. The Morgan fingerprint density at radius 2 is 1.91 bits per heavy atom. The van der Waals surface area contributed by atoms with E-state index in [1.165, 1.54) is 0 Å². The molecular formula is C15H17ClFN3O3. The van der Waals surface area contributed by atoms with E-state index in [0.717, 1.165) is 31.7 Å². The monoisotopic (exact) mass is 341 g/mol. The lowest BCUT2D eigenvalue weighted by atomic mass is 9.61. The Hall–Kier alpha value is -1.89. The number of rotatable bonds is 4. The summed E-state index contributed by atoms with van der Waals surface area (Å²) in [5.41, 5.74) is 4.90. The van der Waals surface area contributed by atoms with Crippen molar-refractivity contribution in [3.63, 3.8) is 0 Å². The lowest BCUT2D eigenvalue weighted by Crippen LogP contribution is -2.51. The second-order valence-corrected chi connectivity index (χ2v) is 6.59. The molecule has 1 aromatic heterocycles. The van der Waals surface area contributed by atoms with Crippen molar-refractivity contribution in [2.75, 3.05) is 5.32 Å². The molecule has 6 nitrogen and oxygen atoms in total. The molecule has 1 heterocycles. The summed E-state index contributed by atoms with van der Waals surface area (Å²) < 4.78 is 14.2. The SMILES string of the molecule is NC(=O)c1cc(F)c(NC2C3CCC(CC3)C2C(=O)O)nc1Cl. The topological polar surface area (TPSA) is 105 Å². The number of aliphatic carboxylic acids is 1. The normalized spacial score (nSPS) is 29.3. The summed E-state index contributed by atoms with van der Waals surface area (Å²) >= 11 is 5.86. The molecule has 0 aliphatic heterocycles. The standard InChI is InChI=1S/C15H17ClFN3O3/c16-12-8(13(18)21)5-9(17)14(20-12)19-11-7-3-1-6(2-4-7)10(11)15(22)23/h5-7,10-11H,1-4H2,(H2,18,21)(H,19,20)(H,22,23). The van der Waals surface area contributed by atoms with Crippen molar-refractivity contribution in [2.24, 2.45) is 23.5 Å². The molecule has 3 aliphatic carbocycles. The molecule has 124 valence electrons. The molecule has 0 aromatic carbocycles. The molecule has 4 N–H and O–H groups in total. The average Bonchev–Trinajstić information content (AvgIpc) is 2.51. The number of carboxylic acid groups (broad SMARTS) is 1. The summed E-state index contributed by atoms with van der Waals surface area (Å²) in [5, 5.41) is 12.2. The van der Waals surface area contributed by atoms with Crippen molar-refractivity contribution in [3.05, 3.63) is 22.6 Å².